The highest BCUT2D eigenvalue weighted by Crippen LogP contribution is 2.02. The summed E-state index contributed by atoms with van der Waals surface area (Å²) in [5, 5.41) is 5.80. The molecule has 1 rings (SSSR count). The van der Waals surface area contributed by atoms with Crippen molar-refractivity contribution in [2.24, 2.45) is 5.10 Å². The summed E-state index contributed by atoms with van der Waals surface area (Å²) < 4.78 is 0.734. The highest BCUT2D eigenvalue weighted by atomic mass is 32.2. The Morgan fingerprint density at radius 2 is 2.43 bits per heavy atom. The average Bonchev–Trinajstić information content (AvgIpc) is 2.26. The highest BCUT2D eigenvalue weighted by Gasteiger charge is 1.97. The van der Waals surface area contributed by atoms with Crippen LogP contribution in [0.3, 0.4) is 0 Å². The Balaban J connectivity index is 2.60. The van der Waals surface area contributed by atoms with Crippen LogP contribution in [0, 0.1) is 0 Å². The van der Waals surface area contributed by atoms with Crippen molar-refractivity contribution >= 4 is 34.5 Å². The van der Waals surface area contributed by atoms with Gasteiger partial charge in [-0.2, -0.15) is 5.10 Å². The second kappa shape index (κ2) is 5.72. The third kappa shape index (κ3) is 3.43. The van der Waals surface area contributed by atoms with Gasteiger partial charge in [-0.15, -0.1) is 0 Å². The van der Waals surface area contributed by atoms with Crippen LogP contribution in [-0.2, 0) is 0 Å². The molecule has 0 amide bonds. The molecule has 0 aliphatic rings. The Hall–Kier alpha value is -0.940. The third-order valence-electron chi connectivity index (χ3n) is 1.49. The van der Waals surface area contributed by atoms with Gasteiger partial charge in [0, 0.05) is 13.2 Å². The van der Waals surface area contributed by atoms with Crippen molar-refractivity contribution in [1.29, 1.82) is 0 Å². The van der Waals surface area contributed by atoms with Crippen LogP contribution >= 0.6 is 24.0 Å². The molecule has 5 heteroatoms. The summed E-state index contributed by atoms with van der Waals surface area (Å²) in [7, 11) is 1.82. The van der Waals surface area contributed by atoms with Crippen LogP contribution in [0.25, 0.3) is 0 Å². The van der Waals surface area contributed by atoms with Gasteiger partial charge in [0.1, 0.15) is 0 Å². The summed E-state index contributed by atoms with van der Waals surface area (Å²) in [5.74, 6) is 0. The van der Waals surface area contributed by atoms with Crippen LogP contribution in [0.5, 0.6) is 0 Å². The van der Waals surface area contributed by atoms with Crippen molar-refractivity contribution in [3.63, 3.8) is 0 Å². The lowest BCUT2D eigenvalue weighted by Gasteiger charge is -2.10. The van der Waals surface area contributed by atoms with Gasteiger partial charge in [0.05, 0.1) is 11.9 Å². The second-order valence-corrected chi connectivity index (χ2v) is 3.93. The molecule has 0 aliphatic carbocycles. The van der Waals surface area contributed by atoms with Gasteiger partial charge in [-0.05, 0) is 18.4 Å². The summed E-state index contributed by atoms with van der Waals surface area (Å²) in [6.07, 6.45) is 5.34. The monoisotopic (exact) mass is 225 g/mol. The number of pyridine rings is 1. The molecule has 14 heavy (non-hydrogen) atoms. The van der Waals surface area contributed by atoms with E-state index in [9.17, 15) is 0 Å². The summed E-state index contributed by atoms with van der Waals surface area (Å²) in [6.45, 7) is 0. The smallest absolute Gasteiger partial charge is 0.156 e. The lowest BCUT2D eigenvalue weighted by atomic mass is 10.4. The van der Waals surface area contributed by atoms with Gasteiger partial charge in [0.2, 0.25) is 0 Å². The van der Waals surface area contributed by atoms with Gasteiger partial charge in [-0.1, -0.05) is 30.0 Å². The predicted molar refractivity (Wildman–Crippen MR) is 65.7 cm³/mol. The van der Waals surface area contributed by atoms with E-state index in [1.807, 2.05) is 31.5 Å². The number of hydrogen-bond donors (Lipinski definition) is 0. The van der Waals surface area contributed by atoms with Gasteiger partial charge < -0.3 is 0 Å². The lowest BCUT2D eigenvalue weighted by Crippen LogP contribution is -2.15. The van der Waals surface area contributed by atoms with Gasteiger partial charge in [0.25, 0.3) is 0 Å². The minimum absolute atomic E-state index is 0.734. The van der Waals surface area contributed by atoms with Crippen LogP contribution < -0.4 is 0 Å². The molecule has 1 heterocycles. The van der Waals surface area contributed by atoms with E-state index < -0.39 is 0 Å². The van der Waals surface area contributed by atoms with Crippen LogP contribution in [0.1, 0.15) is 5.69 Å². The fourth-order valence-electron chi connectivity index (χ4n) is 0.777. The van der Waals surface area contributed by atoms with E-state index in [4.69, 9.17) is 12.2 Å². The van der Waals surface area contributed by atoms with E-state index in [0.29, 0.717) is 0 Å². The maximum atomic E-state index is 5.05. The topological polar surface area (TPSA) is 28.5 Å². The van der Waals surface area contributed by atoms with Crippen molar-refractivity contribution in [3.8, 4) is 0 Å². The normalized spacial score (nSPS) is 10.4. The third-order valence-corrected chi connectivity index (χ3v) is 2.87. The van der Waals surface area contributed by atoms with E-state index in [1.54, 1.807) is 17.4 Å². The Kier molecular flexibility index (Phi) is 4.55. The fourth-order valence-corrected chi connectivity index (χ4v) is 1.14. The molecule has 0 saturated heterocycles. The average molecular weight is 225 g/mol. The number of hydrogen-bond acceptors (Lipinski definition) is 4. The van der Waals surface area contributed by atoms with Crippen molar-refractivity contribution in [2.75, 3.05) is 13.3 Å². The summed E-state index contributed by atoms with van der Waals surface area (Å²) in [5.41, 5.74) is 0.822. The molecular weight excluding hydrogens is 214 g/mol. The minimum atomic E-state index is 0.734. The predicted octanol–water partition coefficient (Wildman–Crippen LogP) is 2.00. The van der Waals surface area contributed by atoms with Crippen LogP contribution in [0.4, 0.5) is 0 Å². The fraction of sp³-hybridized carbons (Fsp3) is 0.222. The number of thioether (sulfide) groups is 1. The molecule has 1 aromatic heterocycles. The first-order valence-electron chi connectivity index (χ1n) is 4.00. The lowest BCUT2D eigenvalue weighted by molar-refractivity contribution is 0.568. The number of nitrogens with zero attached hydrogens (tertiary/aromatic N) is 3. The van der Waals surface area contributed by atoms with Gasteiger partial charge >= 0.3 is 0 Å². The van der Waals surface area contributed by atoms with E-state index in [2.05, 4.69) is 10.1 Å². The standard InChI is InChI=1S/C9H11N3S2/c1-12(9(13)14-2)11-7-8-5-3-4-6-10-8/h3-7H,1-2H3. The van der Waals surface area contributed by atoms with E-state index >= 15 is 0 Å². The van der Waals surface area contributed by atoms with Gasteiger partial charge in [0.15, 0.2) is 4.32 Å². The highest BCUT2D eigenvalue weighted by molar-refractivity contribution is 8.22. The molecule has 0 N–H and O–H groups in total. The first-order valence-corrected chi connectivity index (χ1v) is 5.64. The zero-order valence-corrected chi connectivity index (χ0v) is 9.68. The molecule has 1 aromatic rings. The minimum Gasteiger partial charge on any atom is -0.255 e. The van der Waals surface area contributed by atoms with Crippen LogP contribution in [-0.4, -0.2) is 33.8 Å². The quantitative estimate of drug-likeness (QED) is 0.437. The van der Waals surface area contributed by atoms with Crippen molar-refractivity contribution in [1.82, 2.24) is 9.99 Å². The second-order valence-electron chi connectivity index (χ2n) is 2.49. The number of aromatic nitrogens is 1. The molecule has 3 nitrogen and oxygen atoms in total. The largest absolute Gasteiger partial charge is 0.255 e. The molecule has 0 spiro atoms. The van der Waals surface area contributed by atoms with Crippen LogP contribution in [0.2, 0.25) is 0 Å². The molecule has 0 bridgehead atoms. The van der Waals surface area contributed by atoms with Crippen molar-refractivity contribution in [3.05, 3.63) is 30.1 Å². The zero-order valence-electron chi connectivity index (χ0n) is 8.04. The maximum absolute atomic E-state index is 5.05. The maximum Gasteiger partial charge on any atom is 0.156 e. The molecule has 74 valence electrons. The Morgan fingerprint density at radius 1 is 1.64 bits per heavy atom. The molecule has 0 atom stereocenters. The number of hydrazone groups is 1. The Labute approximate surface area is 93.2 Å². The Morgan fingerprint density at radius 3 is 3.00 bits per heavy atom. The molecular formula is C9H11N3S2. The van der Waals surface area contributed by atoms with Crippen molar-refractivity contribution in [2.45, 2.75) is 0 Å². The SMILES string of the molecule is CSC(=S)N(C)N=Cc1ccccn1. The molecule has 0 fully saturated rings. The van der Waals surface area contributed by atoms with E-state index in [0.717, 1.165) is 10.0 Å². The van der Waals surface area contributed by atoms with Gasteiger partial charge in [-0.25, -0.2) is 0 Å². The Bertz CT molecular complexity index is 324. The molecule has 0 unspecified atom stereocenters. The van der Waals surface area contributed by atoms with E-state index in [1.165, 1.54) is 11.8 Å². The first-order chi connectivity index (χ1) is 6.74. The summed E-state index contributed by atoms with van der Waals surface area (Å²) in [6, 6.07) is 5.67. The van der Waals surface area contributed by atoms with E-state index in [-0.39, 0.29) is 0 Å². The van der Waals surface area contributed by atoms with Crippen LogP contribution in [0.15, 0.2) is 29.5 Å². The summed E-state index contributed by atoms with van der Waals surface area (Å²) >= 11 is 6.54. The molecule has 0 aliphatic heterocycles. The first kappa shape index (κ1) is 11.1. The van der Waals surface area contributed by atoms with Crippen molar-refractivity contribution < 1.29 is 0 Å². The number of rotatable bonds is 2. The molecule has 0 saturated carbocycles. The zero-order chi connectivity index (χ0) is 10.4. The summed E-state index contributed by atoms with van der Waals surface area (Å²) in [4.78, 5) is 4.11. The molecule has 0 radical (unpaired) electrons. The molecule has 0 aromatic carbocycles. The number of thiocarbonyl (C=S) groups is 1. The van der Waals surface area contributed by atoms with Gasteiger partial charge in [-0.3, -0.25) is 9.99 Å².